The minimum atomic E-state index is -4.34. The average Bonchev–Trinajstić information content (AvgIpc) is 2.44. The molecule has 20 heavy (non-hydrogen) atoms. The Bertz CT molecular complexity index is 582. The summed E-state index contributed by atoms with van der Waals surface area (Å²) in [6.07, 6.45) is -1.14. The molecule has 0 aliphatic heterocycles. The van der Waals surface area contributed by atoms with E-state index in [-0.39, 0.29) is 12.1 Å². The van der Waals surface area contributed by atoms with Crippen LogP contribution >= 0.6 is 0 Å². The van der Waals surface area contributed by atoms with E-state index < -0.39 is 11.7 Å². The highest BCUT2D eigenvalue weighted by Gasteiger charge is 2.32. The van der Waals surface area contributed by atoms with Gasteiger partial charge in [0.25, 0.3) is 0 Å². The number of benzene rings is 1. The number of rotatable bonds is 4. The molecule has 0 bridgehead atoms. The number of halogens is 3. The lowest BCUT2D eigenvalue weighted by molar-refractivity contribution is -0.138. The maximum Gasteiger partial charge on any atom is 0.416 e. The monoisotopic (exact) mass is 281 g/mol. The predicted octanol–water partition coefficient (Wildman–Crippen LogP) is 3.75. The summed E-state index contributed by atoms with van der Waals surface area (Å²) >= 11 is 0. The Balaban J connectivity index is 2.15. The molecule has 0 spiro atoms. The second kappa shape index (κ2) is 5.81. The highest BCUT2D eigenvalue weighted by Crippen LogP contribution is 2.32. The molecule has 106 valence electrons. The van der Waals surface area contributed by atoms with Crippen molar-refractivity contribution in [1.29, 1.82) is 0 Å². The second-order valence-electron chi connectivity index (χ2n) is 4.22. The molecule has 0 radical (unpaired) electrons. The van der Waals surface area contributed by atoms with Gasteiger partial charge in [-0.15, -0.1) is 0 Å². The standard InChI is InChI=1S/C14H14F3N3/c1-18-11-6-12(9-19-8-11)20-7-10-4-2-3-5-13(10)14(15,16)17/h2-6,8-9,18,20H,7H2,1H3. The van der Waals surface area contributed by atoms with Crippen LogP contribution in [0, 0.1) is 0 Å². The van der Waals surface area contributed by atoms with Crippen LogP contribution in [0.25, 0.3) is 0 Å². The minimum absolute atomic E-state index is 0.0878. The number of hydrogen-bond acceptors (Lipinski definition) is 3. The molecule has 3 nitrogen and oxygen atoms in total. The zero-order valence-corrected chi connectivity index (χ0v) is 10.8. The largest absolute Gasteiger partial charge is 0.416 e. The SMILES string of the molecule is CNc1cncc(NCc2ccccc2C(F)(F)F)c1. The smallest absolute Gasteiger partial charge is 0.387 e. The van der Waals surface area contributed by atoms with Gasteiger partial charge in [0.05, 0.1) is 29.3 Å². The normalized spacial score (nSPS) is 11.2. The van der Waals surface area contributed by atoms with Crippen molar-refractivity contribution in [2.45, 2.75) is 12.7 Å². The Morgan fingerprint density at radius 1 is 1.10 bits per heavy atom. The number of alkyl halides is 3. The van der Waals surface area contributed by atoms with E-state index in [1.807, 2.05) is 0 Å². The molecule has 6 heteroatoms. The Kier molecular flexibility index (Phi) is 4.12. The van der Waals surface area contributed by atoms with Gasteiger partial charge in [-0.05, 0) is 17.7 Å². The van der Waals surface area contributed by atoms with Gasteiger partial charge in [-0.25, -0.2) is 0 Å². The third kappa shape index (κ3) is 3.40. The lowest BCUT2D eigenvalue weighted by Gasteiger charge is -2.14. The first-order valence-corrected chi connectivity index (χ1v) is 6.02. The molecule has 2 N–H and O–H groups in total. The number of nitrogens with one attached hydrogen (secondary N) is 2. The van der Waals surface area contributed by atoms with E-state index in [0.717, 1.165) is 11.8 Å². The predicted molar refractivity (Wildman–Crippen MR) is 72.6 cm³/mol. The Labute approximate surface area is 114 Å². The van der Waals surface area contributed by atoms with Crippen LogP contribution in [-0.2, 0) is 12.7 Å². The number of hydrogen-bond donors (Lipinski definition) is 2. The summed E-state index contributed by atoms with van der Waals surface area (Å²) in [7, 11) is 1.75. The van der Waals surface area contributed by atoms with Crippen LogP contribution in [0.4, 0.5) is 24.5 Å². The van der Waals surface area contributed by atoms with Crippen LogP contribution in [-0.4, -0.2) is 12.0 Å². The average molecular weight is 281 g/mol. The highest BCUT2D eigenvalue weighted by molar-refractivity contribution is 5.54. The van der Waals surface area contributed by atoms with Gasteiger partial charge in [-0.3, -0.25) is 4.98 Å². The molecular formula is C14H14F3N3. The minimum Gasteiger partial charge on any atom is -0.387 e. The lowest BCUT2D eigenvalue weighted by atomic mass is 10.1. The van der Waals surface area contributed by atoms with Crippen molar-refractivity contribution in [3.05, 3.63) is 53.9 Å². The summed E-state index contributed by atoms with van der Waals surface area (Å²) in [5.41, 5.74) is 1.04. The van der Waals surface area contributed by atoms with Crippen LogP contribution in [0.3, 0.4) is 0 Å². The molecule has 1 heterocycles. The van der Waals surface area contributed by atoms with Gasteiger partial charge in [0, 0.05) is 13.6 Å². The van der Waals surface area contributed by atoms with Crippen molar-refractivity contribution in [3.8, 4) is 0 Å². The Morgan fingerprint density at radius 3 is 2.50 bits per heavy atom. The number of pyridine rings is 1. The van der Waals surface area contributed by atoms with Crippen LogP contribution in [0.1, 0.15) is 11.1 Å². The van der Waals surface area contributed by atoms with Crippen LogP contribution in [0.5, 0.6) is 0 Å². The quantitative estimate of drug-likeness (QED) is 0.896. The molecule has 0 saturated heterocycles. The van der Waals surface area contributed by atoms with E-state index in [1.165, 1.54) is 12.1 Å². The lowest BCUT2D eigenvalue weighted by Crippen LogP contribution is -2.11. The first kappa shape index (κ1) is 14.2. The molecule has 0 atom stereocenters. The molecule has 0 saturated carbocycles. The van der Waals surface area contributed by atoms with Gasteiger partial charge in [0.1, 0.15) is 0 Å². The van der Waals surface area contributed by atoms with Gasteiger partial charge in [-0.2, -0.15) is 13.2 Å². The van der Waals surface area contributed by atoms with Gasteiger partial charge < -0.3 is 10.6 Å². The Morgan fingerprint density at radius 2 is 1.80 bits per heavy atom. The van der Waals surface area contributed by atoms with Gasteiger partial charge in [0.15, 0.2) is 0 Å². The molecule has 1 aromatic heterocycles. The number of nitrogens with zero attached hydrogens (tertiary/aromatic N) is 1. The summed E-state index contributed by atoms with van der Waals surface area (Å²) in [6.45, 7) is 0.0878. The fraction of sp³-hybridized carbons (Fsp3) is 0.214. The van der Waals surface area contributed by atoms with E-state index in [4.69, 9.17) is 0 Å². The fourth-order valence-electron chi connectivity index (χ4n) is 1.82. The van der Waals surface area contributed by atoms with Crippen LogP contribution < -0.4 is 10.6 Å². The molecule has 1 aromatic carbocycles. The first-order valence-electron chi connectivity index (χ1n) is 6.02. The third-order valence-corrected chi connectivity index (χ3v) is 2.83. The Hall–Kier alpha value is -2.24. The molecule has 2 rings (SSSR count). The fourth-order valence-corrected chi connectivity index (χ4v) is 1.82. The molecule has 0 aliphatic rings. The second-order valence-corrected chi connectivity index (χ2v) is 4.22. The molecule has 0 amide bonds. The summed E-state index contributed by atoms with van der Waals surface area (Å²) in [5, 5.41) is 5.86. The highest BCUT2D eigenvalue weighted by atomic mass is 19.4. The van der Waals surface area contributed by atoms with Gasteiger partial charge in [-0.1, -0.05) is 18.2 Å². The summed E-state index contributed by atoms with van der Waals surface area (Å²) in [6, 6.07) is 7.30. The van der Waals surface area contributed by atoms with Gasteiger partial charge >= 0.3 is 6.18 Å². The van der Waals surface area contributed by atoms with E-state index >= 15 is 0 Å². The van der Waals surface area contributed by atoms with Crippen molar-refractivity contribution >= 4 is 11.4 Å². The van der Waals surface area contributed by atoms with E-state index in [9.17, 15) is 13.2 Å². The first-order chi connectivity index (χ1) is 9.50. The van der Waals surface area contributed by atoms with Crippen molar-refractivity contribution in [3.63, 3.8) is 0 Å². The third-order valence-electron chi connectivity index (χ3n) is 2.83. The zero-order chi connectivity index (χ0) is 14.6. The zero-order valence-electron chi connectivity index (χ0n) is 10.8. The van der Waals surface area contributed by atoms with E-state index in [0.29, 0.717) is 5.69 Å². The van der Waals surface area contributed by atoms with Crippen molar-refractivity contribution in [1.82, 2.24) is 4.98 Å². The molecule has 0 unspecified atom stereocenters. The van der Waals surface area contributed by atoms with Crippen molar-refractivity contribution < 1.29 is 13.2 Å². The van der Waals surface area contributed by atoms with E-state index in [2.05, 4.69) is 15.6 Å². The number of anilines is 2. The van der Waals surface area contributed by atoms with Gasteiger partial charge in [0.2, 0.25) is 0 Å². The molecule has 2 aromatic rings. The summed E-state index contributed by atoms with van der Waals surface area (Å²) in [4.78, 5) is 3.99. The van der Waals surface area contributed by atoms with E-state index in [1.54, 1.807) is 31.6 Å². The summed E-state index contributed by atoms with van der Waals surface area (Å²) in [5.74, 6) is 0. The van der Waals surface area contributed by atoms with Crippen molar-refractivity contribution in [2.24, 2.45) is 0 Å². The van der Waals surface area contributed by atoms with Crippen LogP contribution in [0.15, 0.2) is 42.7 Å². The molecule has 0 aliphatic carbocycles. The van der Waals surface area contributed by atoms with Crippen LogP contribution in [0.2, 0.25) is 0 Å². The molecule has 0 fully saturated rings. The maximum absolute atomic E-state index is 12.8. The topological polar surface area (TPSA) is 37.0 Å². The number of aromatic nitrogens is 1. The van der Waals surface area contributed by atoms with Crippen molar-refractivity contribution in [2.75, 3.05) is 17.7 Å². The summed E-state index contributed by atoms with van der Waals surface area (Å²) < 4.78 is 38.5. The molecular weight excluding hydrogens is 267 g/mol. The maximum atomic E-state index is 12.8.